The molecule has 2 aliphatic heterocycles. The van der Waals surface area contributed by atoms with Crippen LogP contribution in [-0.2, 0) is 20.3 Å². The molecule has 1 unspecified atom stereocenters. The third-order valence-corrected chi connectivity index (χ3v) is 6.31. The van der Waals surface area contributed by atoms with Crippen LogP contribution in [0.25, 0.3) is 0 Å². The lowest BCUT2D eigenvalue weighted by molar-refractivity contribution is -0.0937. The molecule has 1 aromatic carbocycles. The highest BCUT2D eigenvalue weighted by Crippen LogP contribution is 2.53. The van der Waals surface area contributed by atoms with E-state index in [1.807, 2.05) is 12.1 Å². The number of morpholine rings is 1. The number of nitrogens with zero attached hydrogens (tertiary/aromatic N) is 1. The maximum absolute atomic E-state index is 12.4. The van der Waals surface area contributed by atoms with Gasteiger partial charge in [-0.05, 0) is 32.0 Å². The van der Waals surface area contributed by atoms with Crippen LogP contribution in [0.15, 0.2) is 18.2 Å². The number of benzene rings is 1. The maximum Gasteiger partial charge on any atom is 0.322 e. The second-order valence-electron chi connectivity index (χ2n) is 6.34. The molecule has 1 aromatic rings. The van der Waals surface area contributed by atoms with Gasteiger partial charge in [-0.25, -0.2) is 4.90 Å². The number of hydrogen-bond donors (Lipinski definition) is 2. The summed E-state index contributed by atoms with van der Waals surface area (Å²) >= 11 is 0. The summed E-state index contributed by atoms with van der Waals surface area (Å²) in [4.78, 5) is 1.66. The van der Waals surface area contributed by atoms with Crippen molar-refractivity contribution in [1.29, 1.82) is 0 Å². The SMILES string of the molecule is CNc1ccc2c(c1)C(C)(C)C(N1CCOCC1)(S(=O)(=O)O)O2. The van der Waals surface area contributed by atoms with Crippen LogP contribution in [-0.4, -0.2) is 56.3 Å². The van der Waals surface area contributed by atoms with E-state index in [1.54, 1.807) is 31.9 Å². The van der Waals surface area contributed by atoms with Crippen molar-refractivity contribution in [2.45, 2.75) is 24.3 Å². The van der Waals surface area contributed by atoms with Crippen molar-refractivity contribution in [3.05, 3.63) is 23.8 Å². The fraction of sp³-hybridized carbons (Fsp3) is 0.600. The molecule has 1 fully saturated rings. The van der Waals surface area contributed by atoms with Gasteiger partial charge >= 0.3 is 10.1 Å². The molecule has 23 heavy (non-hydrogen) atoms. The Kier molecular flexibility index (Phi) is 3.83. The fourth-order valence-electron chi connectivity index (χ4n) is 3.57. The van der Waals surface area contributed by atoms with Crippen molar-refractivity contribution in [2.75, 3.05) is 38.7 Å². The highest BCUT2D eigenvalue weighted by molar-refractivity contribution is 7.87. The van der Waals surface area contributed by atoms with Gasteiger partial charge in [-0.1, -0.05) is 0 Å². The maximum atomic E-state index is 12.4. The molecule has 1 atom stereocenters. The smallest absolute Gasteiger partial charge is 0.322 e. The predicted octanol–water partition coefficient (Wildman–Crippen LogP) is 1.27. The van der Waals surface area contributed by atoms with Crippen molar-refractivity contribution >= 4 is 15.8 Å². The van der Waals surface area contributed by atoms with Crippen molar-refractivity contribution in [1.82, 2.24) is 4.90 Å². The van der Waals surface area contributed by atoms with E-state index in [-0.39, 0.29) is 0 Å². The average Bonchev–Trinajstić information content (AvgIpc) is 2.76. The van der Waals surface area contributed by atoms with E-state index in [1.165, 1.54) is 0 Å². The normalized spacial score (nSPS) is 27.3. The van der Waals surface area contributed by atoms with Crippen LogP contribution in [0.4, 0.5) is 5.69 Å². The van der Waals surface area contributed by atoms with Gasteiger partial charge in [0, 0.05) is 31.4 Å². The zero-order valence-electron chi connectivity index (χ0n) is 13.5. The minimum absolute atomic E-state index is 0.371. The molecule has 3 rings (SSSR count). The first-order chi connectivity index (χ1) is 10.7. The van der Waals surface area contributed by atoms with Gasteiger partial charge in [-0.2, -0.15) is 8.42 Å². The summed E-state index contributed by atoms with van der Waals surface area (Å²) in [6.45, 7) is 5.10. The first-order valence-electron chi connectivity index (χ1n) is 7.55. The quantitative estimate of drug-likeness (QED) is 0.800. The summed E-state index contributed by atoms with van der Waals surface area (Å²) in [7, 11) is -2.74. The molecule has 128 valence electrons. The molecule has 0 aliphatic carbocycles. The topological polar surface area (TPSA) is 88.1 Å². The number of ether oxygens (including phenoxy) is 2. The van der Waals surface area contributed by atoms with Crippen LogP contribution in [0.5, 0.6) is 5.75 Å². The Hall–Kier alpha value is -1.35. The average molecular weight is 342 g/mol. The first-order valence-corrected chi connectivity index (χ1v) is 8.99. The third kappa shape index (κ3) is 2.24. The lowest BCUT2D eigenvalue weighted by Gasteiger charge is -2.46. The Bertz CT molecular complexity index is 713. The van der Waals surface area contributed by atoms with E-state index in [2.05, 4.69) is 5.32 Å². The zero-order valence-corrected chi connectivity index (χ0v) is 14.3. The van der Waals surface area contributed by atoms with Crippen molar-refractivity contribution in [3.8, 4) is 5.75 Å². The zero-order chi connectivity index (χ0) is 16.9. The largest absolute Gasteiger partial charge is 0.454 e. The van der Waals surface area contributed by atoms with Crippen molar-refractivity contribution in [2.24, 2.45) is 0 Å². The number of nitrogens with one attached hydrogen (secondary N) is 1. The molecule has 0 spiro atoms. The van der Waals surface area contributed by atoms with Gasteiger partial charge in [-0.15, -0.1) is 0 Å². The summed E-state index contributed by atoms with van der Waals surface area (Å²) in [6, 6.07) is 5.41. The minimum Gasteiger partial charge on any atom is -0.454 e. The van der Waals surface area contributed by atoms with Gasteiger partial charge in [0.2, 0.25) is 0 Å². The van der Waals surface area contributed by atoms with Gasteiger partial charge in [0.05, 0.1) is 18.6 Å². The van der Waals surface area contributed by atoms with Crippen LogP contribution >= 0.6 is 0 Å². The Morgan fingerprint density at radius 2 is 1.91 bits per heavy atom. The second-order valence-corrected chi connectivity index (χ2v) is 7.85. The number of anilines is 1. The van der Waals surface area contributed by atoms with Gasteiger partial charge in [-0.3, -0.25) is 4.55 Å². The number of rotatable bonds is 3. The van der Waals surface area contributed by atoms with Gasteiger partial charge in [0.25, 0.3) is 5.06 Å². The van der Waals surface area contributed by atoms with E-state index < -0.39 is 20.6 Å². The van der Waals surface area contributed by atoms with Gasteiger partial charge < -0.3 is 14.8 Å². The van der Waals surface area contributed by atoms with E-state index in [9.17, 15) is 13.0 Å². The highest BCUT2D eigenvalue weighted by Gasteiger charge is 2.66. The van der Waals surface area contributed by atoms with Crippen molar-refractivity contribution in [3.63, 3.8) is 0 Å². The summed E-state index contributed by atoms with van der Waals surface area (Å²) < 4.78 is 46.2. The minimum atomic E-state index is -4.53. The number of fused-ring (bicyclic) bond motifs is 1. The van der Waals surface area contributed by atoms with E-state index in [0.717, 1.165) is 11.3 Å². The molecule has 7 nitrogen and oxygen atoms in total. The van der Waals surface area contributed by atoms with Gasteiger partial charge in [0.1, 0.15) is 5.75 Å². The van der Waals surface area contributed by atoms with E-state index in [4.69, 9.17) is 9.47 Å². The molecule has 1 saturated heterocycles. The Balaban J connectivity index is 2.18. The highest BCUT2D eigenvalue weighted by atomic mass is 32.2. The molecule has 2 N–H and O–H groups in total. The Labute approximate surface area is 136 Å². The summed E-state index contributed by atoms with van der Waals surface area (Å²) in [5, 5.41) is 1.19. The molecular formula is C15H22N2O5S. The van der Waals surface area contributed by atoms with Gasteiger partial charge in [0.15, 0.2) is 0 Å². The summed E-state index contributed by atoms with van der Waals surface area (Å²) in [6.07, 6.45) is 0. The molecular weight excluding hydrogens is 320 g/mol. The van der Waals surface area contributed by atoms with E-state index in [0.29, 0.717) is 32.1 Å². The van der Waals surface area contributed by atoms with Crippen LogP contribution in [0.3, 0.4) is 0 Å². The monoisotopic (exact) mass is 342 g/mol. The van der Waals surface area contributed by atoms with Crippen molar-refractivity contribution < 1.29 is 22.4 Å². The standard InChI is InChI=1S/C15H22N2O5S/c1-14(2)12-10-11(16-3)4-5-13(12)22-15(14,23(18,19)20)17-6-8-21-9-7-17/h4-5,10,16H,6-9H2,1-3H3,(H,18,19,20). The van der Waals surface area contributed by atoms with Crippen LogP contribution in [0.2, 0.25) is 0 Å². The molecule has 2 aliphatic rings. The first kappa shape index (κ1) is 16.5. The predicted molar refractivity (Wildman–Crippen MR) is 86.3 cm³/mol. The molecule has 2 heterocycles. The van der Waals surface area contributed by atoms with Crippen LogP contribution < -0.4 is 10.1 Å². The fourth-order valence-corrected chi connectivity index (χ4v) is 5.02. The molecule has 0 bridgehead atoms. The molecule has 0 radical (unpaired) electrons. The molecule has 0 saturated carbocycles. The third-order valence-electron chi connectivity index (χ3n) is 4.76. The molecule has 0 aromatic heterocycles. The van der Waals surface area contributed by atoms with E-state index >= 15 is 0 Å². The molecule has 0 amide bonds. The Morgan fingerprint density at radius 3 is 2.48 bits per heavy atom. The second kappa shape index (κ2) is 5.34. The lowest BCUT2D eigenvalue weighted by Crippen LogP contribution is -2.67. The number of hydrogen-bond acceptors (Lipinski definition) is 6. The van der Waals surface area contributed by atoms with Crippen LogP contribution in [0.1, 0.15) is 19.4 Å². The van der Waals surface area contributed by atoms with Crippen LogP contribution in [0, 0.1) is 0 Å². The Morgan fingerprint density at radius 1 is 1.26 bits per heavy atom. The lowest BCUT2D eigenvalue weighted by atomic mass is 9.83. The summed E-state index contributed by atoms with van der Waals surface area (Å²) in [5.41, 5.74) is 0.641. The summed E-state index contributed by atoms with van der Waals surface area (Å²) in [5.74, 6) is 0.470. The molecule has 8 heteroatoms.